The maximum atomic E-state index is 10.5. The Balaban J connectivity index is 1.56. The molecule has 0 unspecified atom stereocenters. The molecule has 0 aromatic heterocycles. The number of rotatable bonds is 6. The molecule has 2 aromatic carbocycles. The van der Waals surface area contributed by atoms with Crippen LogP contribution < -0.4 is 4.74 Å². The lowest BCUT2D eigenvalue weighted by Gasteiger charge is -2.36. The molecule has 0 spiro atoms. The lowest BCUT2D eigenvalue weighted by atomic mass is 9.91. The summed E-state index contributed by atoms with van der Waals surface area (Å²) in [7, 11) is 0. The lowest BCUT2D eigenvalue weighted by molar-refractivity contribution is -0.186. The zero-order chi connectivity index (χ0) is 19.9. The number of fused-ring (bicyclic) bond motifs is 1. The Kier molecular flexibility index (Phi) is 5.38. The molecule has 0 bridgehead atoms. The summed E-state index contributed by atoms with van der Waals surface area (Å²) in [6.45, 7) is 2.41. The Morgan fingerprint density at radius 3 is 2.57 bits per heavy atom. The number of hydrogen-bond acceptors (Lipinski definition) is 5. The van der Waals surface area contributed by atoms with Crippen molar-refractivity contribution in [2.24, 2.45) is 5.92 Å². The molecule has 2 aliphatic rings. The Morgan fingerprint density at radius 2 is 1.89 bits per heavy atom. The smallest absolute Gasteiger partial charge is 0.119 e. The van der Waals surface area contributed by atoms with Crippen LogP contribution in [0, 0.1) is 5.92 Å². The van der Waals surface area contributed by atoms with E-state index in [0.29, 0.717) is 24.5 Å². The standard InChI is InChI=1S/C22H25ClO5/c1-2-27-16-6-3-13(4-7-16)9-15-10-14(5-8-18(15)23)21-20(26)19(25)17-11-22(17,12-24)28-21/h3-8,10,17,19-21,24-26H,2,9,11-12H2,1H3/t17-,19+,20-,21+,22-/m1/s1. The van der Waals surface area contributed by atoms with Gasteiger partial charge < -0.3 is 24.8 Å². The van der Waals surface area contributed by atoms with Crippen molar-refractivity contribution in [3.05, 3.63) is 64.2 Å². The molecule has 0 amide bonds. The second-order valence-electron chi connectivity index (χ2n) is 7.66. The molecule has 150 valence electrons. The number of halogens is 1. The van der Waals surface area contributed by atoms with E-state index in [9.17, 15) is 15.3 Å². The summed E-state index contributed by atoms with van der Waals surface area (Å²) >= 11 is 6.41. The lowest BCUT2D eigenvalue weighted by Crippen LogP contribution is -2.46. The molecular weight excluding hydrogens is 380 g/mol. The van der Waals surface area contributed by atoms with Crippen molar-refractivity contribution in [3.8, 4) is 5.75 Å². The highest BCUT2D eigenvalue weighted by Gasteiger charge is 2.65. The normalized spacial score (nSPS) is 31.3. The van der Waals surface area contributed by atoms with Gasteiger partial charge in [-0.2, -0.15) is 0 Å². The van der Waals surface area contributed by atoms with E-state index in [1.54, 1.807) is 12.1 Å². The van der Waals surface area contributed by atoms with Gasteiger partial charge in [-0.05, 0) is 54.7 Å². The molecule has 1 saturated heterocycles. The molecule has 2 fully saturated rings. The van der Waals surface area contributed by atoms with Crippen molar-refractivity contribution < 1.29 is 24.8 Å². The minimum Gasteiger partial charge on any atom is -0.494 e. The zero-order valence-electron chi connectivity index (χ0n) is 15.7. The minimum absolute atomic E-state index is 0.162. The Hall–Kier alpha value is -1.63. The van der Waals surface area contributed by atoms with Crippen LogP contribution in [0.5, 0.6) is 5.75 Å². The monoisotopic (exact) mass is 404 g/mol. The maximum Gasteiger partial charge on any atom is 0.119 e. The van der Waals surface area contributed by atoms with Crippen LogP contribution >= 0.6 is 11.6 Å². The number of aliphatic hydroxyl groups is 3. The number of ether oxygens (including phenoxy) is 2. The molecule has 5 atom stereocenters. The molecule has 1 aliphatic heterocycles. The Morgan fingerprint density at radius 1 is 1.14 bits per heavy atom. The van der Waals surface area contributed by atoms with E-state index in [0.717, 1.165) is 22.4 Å². The van der Waals surface area contributed by atoms with Gasteiger partial charge in [0.05, 0.1) is 24.9 Å². The van der Waals surface area contributed by atoms with Gasteiger partial charge in [0.2, 0.25) is 0 Å². The van der Waals surface area contributed by atoms with E-state index in [2.05, 4.69) is 0 Å². The van der Waals surface area contributed by atoms with Gasteiger partial charge in [0.15, 0.2) is 0 Å². The average molecular weight is 405 g/mol. The second-order valence-corrected chi connectivity index (χ2v) is 8.06. The third-order valence-corrected chi connectivity index (χ3v) is 6.18. The fourth-order valence-corrected chi connectivity index (χ4v) is 4.29. The van der Waals surface area contributed by atoms with Gasteiger partial charge in [-0.3, -0.25) is 0 Å². The quantitative estimate of drug-likeness (QED) is 0.690. The van der Waals surface area contributed by atoms with Crippen LogP contribution in [0.1, 0.15) is 36.1 Å². The topological polar surface area (TPSA) is 79.2 Å². The molecule has 1 saturated carbocycles. The highest BCUT2D eigenvalue weighted by Crippen LogP contribution is 2.56. The first-order valence-corrected chi connectivity index (χ1v) is 10.00. The van der Waals surface area contributed by atoms with Crippen molar-refractivity contribution in [1.82, 2.24) is 0 Å². The van der Waals surface area contributed by atoms with Crippen LogP contribution in [0.2, 0.25) is 5.02 Å². The molecule has 3 N–H and O–H groups in total. The molecule has 4 rings (SSSR count). The van der Waals surface area contributed by atoms with Gasteiger partial charge >= 0.3 is 0 Å². The molecular formula is C22H25ClO5. The fraction of sp³-hybridized carbons (Fsp3) is 0.455. The summed E-state index contributed by atoms with van der Waals surface area (Å²) in [4.78, 5) is 0. The van der Waals surface area contributed by atoms with Crippen molar-refractivity contribution in [3.63, 3.8) is 0 Å². The summed E-state index contributed by atoms with van der Waals surface area (Å²) in [5.74, 6) is 0.617. The van der Waals surface area contributed by atoms with Crippen LogP contribution in [0.25, 0.3) is 0 Å². The SMILES string of the molecule is CCOc1ccc(Cc2cc([C@@H]3O[C@@]4(CO)C[C@@H]4[C@H](O)[C@H]3O)ccc2Cl)cc1. The number of hydrogen-bond donors (Lipinski definition) is 3. The molecule has 6 heteroatoms. The van der Waals surface area contributed by atoms with Crippen LogP contribution in [-0.4, -0.2) is 46.3 Å². The highest BCUT2D eigenvalue weighted by atomic mass is 35.5. The van der Waals surface area contributed by atoms with Crippen LogP contribution in [0.3, 0.4) is 0 Å². The zero-order valence-corrected chi connectivity index (χ0v) is 16.5. The molecule has 28 heavy (non-hydrogen) atoms. The summed E-state index contributed by atoms with van der Waals surface area (Å²) in [6, 6.07) is 13.4. The summed E-state index contributed by atoms with van der Waals surface area (Å²) < 4.78 is 11.5. The Bertz CT molecular complexity index is 839. The average Bonchev–Trinajstić information content (AvgIpc) is 3.44. The number of aliphatic hydroxyl groups excluding tert-OH is 3. The Labute approximate surface area is 169 Å². The largest absolute Gasteiger partial charge is 0.494 e. The third kappa shape index (κ3) is 3.53. The van der Waals surface area contributed by atoms with Gasteiger partial charge in [-0.1, -0.05) is 35.9 Å². The van der Waals surface area contributed by atoms with Gasteiger partial charge in [-0.25, -0.2) is 0 Å². The van der Waals surface area contributed by atoms with E-state index < -0.39 is 23.9 Å². The van der Waals surface area contributed by atoms with Crippen LogP contribution in [-0.2, 0) is 11.2 Å². The predicted octanol–water partition coefficient (Wildman–Crippen LogP) is 2.87. The van der Waals surface area contributed by atoms with E-state index in [-0.39, 0.29) is 12.5 Å². The molecule has 1 heterocycles. The highest BCUT2D eigenvalue weighted by molar-refractivity contribution is 6.31. The first-order chi connectivity index (χ1) is 13.5. The predicted molar refractivity (Wildman–Crippen MR) is 106 cm³/mol. The van der Waals surface area contributed by atoms with Crippen molar-refractivity contribution >= 4 is 11.6 Å². The van der Waals surface area contributed by atoms with Gasteiger partial charge in [-0.15, -0.1) is 0 Å². The van der Waals surface area contributed by atoms with Crippen molar-refractivity contribution in [2.45, 2.75) is 43.7 Å². The third-order valence-electron chi connectivity index (χ3n) is 5.81. The maximum absolute atomic E-state index is 10.5. The van der Waals surface area contributed by atoms with Gasteiger partial charge in [0, 0.05) is 10.9 Å². The fourth-order valence-electron chi connectivity index (χ4n) is 4.10. The first kappa shape index (κ1) is 19.7. The number of benzene rings is 2. The van der Waals surface area contributed by atoms with E-state index in [4.69, 9.17) is 21.1 Å². The molecule has 0 radical (unpaired) electrons. The second kappa shape index (κ2) is 7.65. The van der Waals surface area contributed by atoms with Crippen molar-refractivity contribution in [1.29, 1.82) is 0 Å². The van der Waals surface area contributed by atoms with Crippen molar-refractivity contribution in [2.75, 3.05) is 13.2 Å². The summed E-state index contributed by atoms with van der Waals surface area (Å²) in [5.41, 5.74) is 2.00. The van der Waals surface area contributed by atoms with Crippen LogP contribution in [0.15, 0.2) is 42.5 Å². The van der Waals surface area contributed by atoms with Crippen LogP contribution in [0.4, 0.5) is 0 Å². The molecule has 1 aliphatic carbocycles. The first-order valence-electron chi connectivity index (χ1n) is 9.62. The van der Waals surface area contributed by atoms with E-state index in [1.807, 2.05) is 37.3 Å². The van der Waals surface area contributed by atoms with E-state index in [1.165, 1.54) is 0 Å². The van der Waals surface area contributed by atoms with Gasteiger partial charge in [0.25, 0.3) is 0 Å². The molecule has 5 nitrogen and oxygen atoms in total. The van der Waals surface area contributed by atoms with Gasteiger partial charge in [0.1, 0.15) is 18.0 Å². The van der Waals surface area contributed by atoms with E-state index >= 15 is 0 Å². The molecule has 2 aromatic rings. The summed E-state index contributed by atoms with van der Waals surface area (Å²) in [5, 5.41) is 31.2. The summed E-state index contributed by atoms with van der Waals surface area (Å²) in [6.07, 6.45) is -1.46. The minimum atomic E-state index is -1.04.